The van der Waals surface area contributed by atoms with Crippen LogP contribution in [0.2, 0.25) is 5.02 Å². The van der Waals surface area contributed by atoms with E-state index in [9.17, 15) is 4.79 Å². The maximum Gasteiger partial charge on any atom is 0.223 e. The predicted molar refractivity (Wildman–Crippen MR) is 87.8 cm³/mol. The Morgan fingerprint density at radius 1 is 1.24 bits per heavy atom. The summed E-state index contributed by atoms with van der Waals surface area (Å²) in [6.07, 6.45) is 1.26. The number of hydrogen-bond donors (Lipinski definition) is 2. The van der Waals surface area contributed by atoms with E-state index < -0.39 is 0 Å². The molecule has 1 amide bonds. The molecule has 0 fully saturated rings. The average molecular weight is 311 g/mol. The van der Waals surface area contributed by atoms with Crippen LogP contribution in [-0.4, -0.2) is 51.0 Å². The lowest BCUT2D eigenvalue weighted by Gasteiger charge is -2.14. The highest BCUT2D eigenvalue weighted by atomic mass is 35.5. The molecule has 0 radical (unpaired) electrons. The first-order valence-electron chi connectivity index (χ1n) is 6.92. The molecule has 0 heterocycles. The fourth-order valence-corrected chi connectivity index (χ4v) is 1.98. The van der Waals surface area contributed by atoms with Crippen LogP contribution in [-0.2, 0) is 11.2 Å². The van der Waals surface area contributed by atoms with Gasteiger partial charge in [-0.3, -0.25) is 9.79 Å². The van der Waals surface area contributed by atoms with Crippen LogP contribution in [0.4, 0.5) is 0 Å². The quantitative estimate of drug-likeness (QED) is 0.619. The summed E-state index contributed by atoms with van der Waals surface area (Å²) in [5, 5.41) is 7.09. The third-order valence-corrected chi connectivity index (χ3v) is 3.37. The number of benzene rings is 1. The third-order valence-electron chi connectivity index (χ3n) is 3.00. The lowest BCUT2D eigenvalue weighted by Crippen LogP contribution is -2.40. The number of hydrogen-bond acceptors (Lipinski definition) is 2. The molecule has 0 unspecified atom stereocenters. The van der Waals surface area contributed by atoms with Crippen molar-refractivity contribution in [3.63, 3.8) is 0 Å². The highest BCUT2D eigenvalue weighted by molar-refractivity contribution is 6.31. The van der Waals surface area contributed by atoms with Crippen molar-refractivity contribution in [1.82, 2.24) is 15.5 Å². The Hall–Kier alpha value is -1.75. The average Bonchev–Trinajstić information content (AvgIpc) is 2.47. The van der Waals surface area contributed by atoms with Gasteiger partial charge in [-0.15, -0.1) is 0 Å². The number of rotatable bonds is 6. The molecule has 1 aromatic rings. The standard InChI is InChI=1S/C15H23ClN4O/c1-17-15(19-11-9-14(21)20(2)3)18-10-8-12-6-4-5-7-13(12)16/h4-7H,8-11H2,1-3H3,(H2,17,18,19). The number of nitrogens with one attached hydrogen (secondary N) is 2. The van der Waals surface area contributed by atoms with Gasteiger partial charge in [-0.1, -0.05) is 29.8 Å². The summed E-state index contributed by atoms with van der Waals surface area (Å²) in [6, 6.07) is 7.79. The maximum absolute atomic E-state index is 11.5. The van der Waals surface area contributed by atoms with Crippen LogP contribution in [0, 0.1) is 0 Å². The lowest BCUT2D eigenvalue weighted by atomic mass is 10.1. The zero-order valence-corrected chi connectivity index (χ0v) is 13.6. The topological polar surface area (TPSA) is 56.7 Å². The minimum atomic E-state index is 0.0917. The lowest BCUT2D eigenvalue weighted by molar-refractivity contribution is -0.128. The minimum Gasteiger partial charge on any atom is -0.356 e. The predicted octanol–water partition coefficient (Wildman–Crippen LogP) is 1.53. The van der Waals surface area contributed by atoms with Crippen LogP contribution in [0.1, 0.15) is 12.0 Å². The fraction of sp³-hybridized carbons (Fsp3) is 0.467. The molecule has 6 heteroatoms. The van der Waals surface area contributed by atoms with Crippen LogP contribution >= 0.6 is 11.6 Å². The molecule has 5 nitrogen and oxygen atoms in total. The first-order valence-corrected chi connectivity index (χ1v) is 7.30. The molecule has 0 aliphatic heterocycles. The van der Waals surface area contributed by atoms with Crippen LogP contribution in [0.15, 0.2) is 29.3 Å². The molecule has 1 rings (SSSR count). The van der Waals surface area contributed by atoms with Gasteiger partial charge in [0.2, 0.25) is 5.91 Å². The van der Waals surface area contributed by atoms with E-state index >= 15 is 0 Å². The van der Waals surface area contributed by atoms with Gasteiger partial charge in [0.25, 0.3) is 0 Å². The zero-order chi connectivity index (χ0) is 15.7. The van der Waals surface area contributed by atoms with E-state index in [0.717, 1.165) is 23.6 Å². The summed E-state index contributed by atoms with van der Waals surface area (Å²) in [4.78, 5) is 17.2. The Kier molecular flexibility index (Phi) is 7.61. The molecule has 116 valence electrons. The van der Waals surface area contributed by atoms with Crippen LogP contribution in [0.25, 0.3) is 0 Å². The smallest absolute Gasteiger partial charge is 0.223 e. The number of amides is 1. The normalized spacial score (nSPS) is 11.1. The molecule has 0 aliphatic carbocycles. The molecule has 0 saturated carbocycles. The van der Waals surface area contributed by atoms with Gasteiger partial charge in [0.1, 0.15) is 0 Å². The van der Waals surface area contributed by atoms with E-state index in [2.05, 4.69) is 15.6 Å². The van der Waals surface area contributed by atoms with Crippen molar-refractivity contribution in [2.24, 2.45) is 4.99 Å². The Labute approximate surface area is 131 Å². The Morgan fingerprint density at radius 3 is 2.52 bits per heavy atom. The third kappa shape index (κ3) is 6.49. The van der Waals surface area contributed by atoms with Gasteiger partial charge >= 0.3 is 0 Å². The molecule has 2 N–H and O–H groups in total. The molecule has 1 aromatic carbocycles. The molecule has 0 bridgehead atoms. The molecule has 0 aliphatic rings. The van der Waals surface area contributed by atoms with Gasteiger partial charge < -0.3 is 15.5 Å². The number of halogens is 1. The van der Waals surface area contributed by atoms with Crippen molar-refractivity contribution < 1.29 is 4.79 Å². The Balaban J connectivity index is 2.29. The van der Waals surface area contributed by atoms with Crippen molar-refractivity contribution >= 4 is 23.5 Å². The second kappa shape index (κ2) is 9.23. The minimum absolute atomic E-state index is 0.0917. The number of carbonyl (C=O) groups excluding carboxylic acids is 1. The van der Waals surface area contributed by atoms with Gasteiger partial charge in [0.15, 0.2) is 5.96 Å². The second-order valence-electron chi connectivity index (χ2n) is 4.81. The number of nitrogens with zero attached hydrogens (tertiary/aromatic N) is 2. The maximum atomic E-state index is 11.5. The largest absolute Gasteiger partial charge is 0.356 e. The van der Waals surface area contributed by atoms with Crippen molar-refractivity contribution in [2.45, 2.75) is 12.8 Å². The summed E-state index contributed by atoms with van der Waals surface area (Å²) in [6.45, 7) is 1.29. The first kappa shape index (κ1) is 17.3. The van der Waals surface area contributed by atoms with Crippen LogP contribution in [0.3, 0.4) is 0 Å². The summed E-state index contributed by atoms with van der Waals surface area (Å²) < 4.78 is 0. The van der Waals surface area contributed by atoms with Gasteiger partial charge in [-0.25, -0.2) is 0 Å². The SMILES string of the molecule is CN=C(NCCC(=O)N(C)C)NCCc1ccccc1Cl. The van der Waals surface area contributed by atoms with Crippen molar-refractivity contribution in [2.75, 3.05) is 34.2 Å². The summed E-state index contributed by atoms with van der Waals surface area (Å²) in [7, 11) is 5.20. The molecule has 0 aromatic heterocycles. The number of aliphatic imine (C=N–C) groups is 1. The monoisotopic (exact) mass is 310 g/mol. The van der Waals surface area contributed by atoms with Crippen LogP contribution in [0.5, 0.6) is 0 Å². The highest BCUT2D eigenvalue weighted by Crippen LogP contribution is 2.14. The van der Waals surface area contributed by atoms with E-state index in [0.29, 0.717) is 18.9 Å². The van der Waals surface area contributed by atoms with E-state index in [4.69, 9.17) is 11.6 Å². The van der Waals surface area contributed by atoms with Gasteiger partial charge in [0, 0.05) is 45.7 Å². The fourth-order valence-electron chi connectivity index (χ4n) is 1.75. The second-order valence-corrected chi connectivity index (χ2v) is 5.21. The van der Waals surface area contributed by atoms with E-state index in [1.807, 2.05) is 24.3 Å². The van der Waals surface area contributed by atoms with Gasteiger partial charge in [0.05, 0.1) is 0 Å². The molecule has 0 saturated heterocycles. The first-order chi connectivity index (χ1) is 10.0. The number of guanidine groups is 1. The Bertz CT molecular complexity index is 488. The van der Waals surface area contributed by atoms with E-state index in [1.54, 1.807) is 26.0 Å². The highest BCUT2D eigenvalue weighted by Gasteiger charge is 2.04. The molecular weight excluding hydrogens is 288 g/mol. The van der Waals surface area contributed by atoms with Crippen molar-refractivity contribution in [3.8, 4) is 0 Å². The molecule has 0 spiro atoms. The molecule has 0 atom stereocenters. The summed E-state index contributed by atoms with van der Waals surface area (Å²) in [5.74, 6) is 0.780. The molecular formula is C15H23ClN4O. The molecule has 21 heavy (non-hydrogen) atoms. The van der Waals surface area contributed by atoms with E-state index in [1.165, 1.54) is 0 Å². The van der Waals surface area contributed by atoms with Crippen LogP contribution < -0.4 is 10.6 Å². The van der Waals surface area contributed by atoms with Gasteiger partial charge in [-0.05, 0) is 18.1 Å². The van der Waals surface area contributed by atoms with E-state index in [-0.39, 0.29) is 5.91 Å². The van der Waals surface area contributed by atoms with Crippen molar-refractivity contribution in [3.05, 3.63) is 34.9 Å². The Morgan fingerprint density at radius 2 is 1.90 bits per heavy atom. The van der Waals surface area contributed by atoms with Gasteiger partial charge in [-0.2, -0.15) is 0 Å². The number of carbonyl (C=O) groups is 1. The zero-order valence-electron chi connectivity index (χ0n) is 12.8. The summed E-state index contributed by atoms with van der Waals surface area (Å²) in [5.41, 5.74) is 1.10. The summed E-state index contributed by atoms with van der Waals surface area (Å²) >= 11 is 6.11. The van der Waals surface area contributed by atoms with Crippen molar-refractivity contribution in [1.29, 1.82) is 0 Å².